The largest absolute Gasteiger partial charge is 0.441 e. The van der Waals surface area contributed by atoms with Crippen LogP contribution in [0.25, 0.3) is 11.0 Å². The third-order valence-electron chi connectivity index (χ3n) is 2.72. The number of carbonyl (C=O) groups excluding carboxylic acids is 1. The lowest BCUT2D eigenvalue weighted by atomic mass is 10.3. The van der Waals surface area contributed by atoms with Crippen molar-refractivity contribution in [3.63, 3.8) is 0 Å². The first-order valence-electron chi connectivity index (χ1n) is 5.97. The Bertz CT molecular complexity index is 657. The summed E-state index contributed by atoms with van der Waals surface area (Å²) in [4.78, 5) is 30.2. The van der Waals surface area contributed by atoms with Gasteiger partial charge in [0.05, 0.1) is 5.52 Å². The van der Waals surface area contributed by atoms with Gasteiger partial charge in [-0.2, -0.15) is 0 Å². The molecule has 7 nitrogen and oxygen atoms in total. The summed E-state index contributed by atoms with van der Waals surface area (Å²) >= 11 is 0. The Hall–Kier alpha value is -2.31. The van der Waals surface area contributed by atoms with Crippen molar-refractivity contribution in [2.75, 3.05) is 7.05 Å². The Kier molecular flexibility index (Phi) is 3.55. The van der Waals surface area contributed by atoms with Crippen LogP contribution in [0.4, 0.5) is 4.79 Å². The Morgan fingerprint density at radius 2 is 2.32 bits per heavy atom. The number of amides is 1. The molecule has 2 aromatic heterocycles. The number of fused-ring (bicyclic) bond motifs is 1. The standard InChI is InChI=1S/C12H16N4O3/c1-7(2)16-5-4-8-10(11(16)17)15-9(14-8)6-19-12(18)13-3/h4-5,7H,6H2,1-3H3,(H,13,18)(H,14,15). The molecule has 2 N–H and O–H groups in total. The highest BCUT2D eigenvalue weighted by molar-refractivity contribution is 5.73. The van der Waals surface area contributed by atoms with Gasteiger partial charge in [-0.3, -0.25) is 4.79 Å². The maximum Gasteiger partial charge on any atom is 0.407 e. The minimum atomic E-state index is -0.542. The fourth-order valence-corrected chi connectivity index (χ4v) is 1.75. The molecule has 0 saturated heterocycles. The minimum absolute atomic E-state index is 0.00449. The van der Waals surface area contributed by atoms with Crippen LogP contribution in [0.5, 0.6) is 0 Å². The molecule has 0 fully saturated rings. The van der Waals surface area contributed by atoms with E-state index in [1.807, 2.05) is 13.8 Å². The van der Waals surface area contributed by atoms with Crippen LogP contribution in [-0.2, 0) is 11.3 Å². The number of hydrogen-bond acceptors (Lipinski definition) is 4. The molecule has 0 bridgehead atoms. The highest BCUT2D eigenvalue weighted by atomic mass is 16.5. The van der Waals surface area contributed by atoms with Crippen LogP contribution in [0.2, 0.25) is 0 Å². The van der Waals surface area contributed by atoms with E-state index < -0.39 is 6.09 Å². The van der Waals surface area contributed by atoms with Crippen molar-refractivity contribution in [1.82, 2.24) is 19.9 Å². The Morgan fingerprint density at radius 1 is 1.58 bits per heavy atom. The highest BCUT2D eigenvalue weighted by Crippen LogP contribution is 2.09. The first-order valence-corrected chi connectivity index (χ1v) is 5.97. The SMILES string of the molecule is CNC(=O)OCc1nc2c(=O)n(C(C)C)ccc2[nH]1. The van der Waals surface area contributed by atoms with E-state index in [9.17, 15) is 9.59 Å². The van der Waals surface area contributed by atoms with Crippen LogP contribution in [-0.4, -0.2) is 27.7 Å². The van der Waals surface area contributed by atoms with Crippen LogP contribution in [0.3, 0.4) is 0 Å². The van der Waals surface area contributed by atoms with Crippen LogP contribution >= 0.6 is 0 Å². The average Bonchev–Trinajstić information content (AvgIpc) is 2.80. The number of ether oxygens (including phenoxy) is 1. The van der Waals surface area contributed by atoms with Gasteiger partial charge in [0.2, 0.25) is 0 Å². The van der Waals surface area contributed by atoms with Crippen LogP contribution in [0.1, 0.15) is 25.7 Å². The topological polar surface area (TPSA) is 89.0 Å². The van der Waals surface area contributed by atoms with Crippen molar-refractivity contribution in [2.24, 2.45) is 0 Å². The molecule has 0 spiro atoms. The summed E-state index contributed by atoms with van der Waals surface area (Å²) in [6.07, 6.45) is 1.18. The lowest BCUT2D eigenvalue weighted by Gasteiger charge is -2.07. The second-order valence-electron chi connectivity index (χ2n) is 4.39. The Labute approximate surface area is 109 Å². The molecule has 2 aromatic rings. The second kappa shape index (κ2) is 5.13. The van der Waals surface area contributed by atoms with Gasteiger partial charge in [-0.15, -0.1) is 0 Å². The van der Waals surface area contributed by atoms with Gasteiger partial charge in [0.25, 0.3) is 5.56 Å². The third kappa shape index (κ3) is 2.59. The molecule has 0 aliphatic rings. The number of aromatic nitrogens is 3. The third-order valence-corrected chi connectivity index (χ3v) is 2.72. The molecule has 0 saturated carbocycles. The summed E-state index contributed by atoms with van der Waals surface area (Å²) < 4.78 is 6.48. The number of pyridine rings is 1. The van der Waals surface area contributed by atoms with E-state index in [1.54, 1.807) is 16.8 Å². The molecule has 0 aliphatic carbocycles. The molecule has 1 amide bonds. The van der Waals surface area contributed by atoms with Gasteiger partial charge in [0.1, 0.15) is 5.82 Å². The molecule has 0 aliphatic heterocycles. The maximum absolute atomic E-state index is 12.1. The van der Waals surface area contributed by atoms with Gasteiger partial charge < -0.3 is 19.6 Å². The van der Waals surface area contributed by atoms with Crippen molar-refractivity contribution in [3.8, 4) is 0 Å². The second-order valence-corrected chi connectivity index (χ2v) is 4.39. The number of hydrogen-bond donors (Lipinski definition) is 2. The smallest absolute Gasteiger partial charge is 0.407 e. The summed E-state index contributed by atoms with van der Waals surface area (Å²) in [5.41, 5.74) is 0.832. The normalized spacial score (nSPS) is 10.9. The first kappa shape index (κ1) is 13.1. The van der Waals surface area contributed by atoms with E-state index in [-0.39, 0.29) is 18.2 Å². The van der Waals surface area contributed by atoms with Crippen molar-refractivity contribution in [1.29, 1.82) is 0 Å². The molecule has 0 aromatic carbocycles. The summed E-state index contributed by atoms with van der Waals surface area (Å²) in [7, 11) is 1.47. The molecule has 0 atom stereocenters. The Morgan fingerprint density at radius 3 is 2.95 bits per heavy atom. The first-order chi connectivity index (χ1) is 9.02. The van der Waals surface area contributed by atoms with Crippen molar-refractivity contribution in [2.45, 2.75) is 26.5 Å². The van der Waals surface area contributed by atoms with Gasteiger partial charge >= 0.3 is 6.09 Å². The van der Waals surface area contributed by atoms with Gasteiger partial charge in [0, 0.05) is 19.3 Å². The number of rotatable bonds is 3. The summed E-state index contributed by atoms with van der Waals surface area (Å²) in [6, 6.07) is 1.85. The van der Waals surface area contributed by atoms with E-state index in [2.05, 4.69) is 15.3 Å². The predicted molar refractivity (Wildman–Crippen MR) is 70.0 cm³/mol. The van der Waals surface area contributed by atoms with Crippen LogP contribution in [0.15, 0.2) is 17.1 Å². The number of aromatic amines is 1. The molecule has 7 heteroatoms. The van der Waals surface area contributed by atoms with Crippen molar-refractivity contribution < 1.29 is 9.53 Å². The molecule has 102 valence electrons. The lowest BCUT2D eigenvalue weighted by Crippen LogP contribution is -2.21. The minimum Gasteiger partial charge on any atom is -0.441 e. The summed E-state index contributed by atoms with van der Waals surface area (Å²) in [5.74, 6) is 0.442. The number of imidazole rings is 1. The zero-order chi connectivity index (χ0) is 14.0. The van der Waals surface area contributed by atoms with E-state index in [4.69, 9.17) is 4.74 Å². The highest BCUT2D eigenvalue weighted by Gasteiger charge is 2.11. The molecule has 2 heterocycles. The van der Waals surface area contributed by atoms with Crippen LogP contribution in [0, 0.1) is 0 Å². The number of carbonyl (C=O) groups is 1. The van der Waals surface area contributed by atoms with Gasteiger partial charge in [-0.1, -0.05) is 0 Å². The molecule has 0 unspecified atom stereocenters. The number of nitrogens with zero attached hydrogens (tertiary/aromatic N) is 2. The number of H-pyrrole nitrogens is 1. The molecular formula is C12H16N4O3. The van der Waals surface area contributed by atoms with Gasteiger partial charge in [-0.05, 0) is 19.9 Å². The monoisotopic (exact) mass is 264 g/mol. The molecule has 2 rings (SSSR count). The van der Waals surface area contributed by atoms with Crippen LogP contribution < -0.4 is 10.9 Å². The van der Waals surface area contributed by atoms with E-state index in [1.165, 1.54) is 7.05 Å². The van der Waals surface area contributed by atoms with E-state index >= 15 is 0 Å². The van der Waals surface area contributed by atoms with E-state index in [0.29, 0.717) is 16.9 Å². The fraction of sp³-hybridized carbons (Fsp3) is 0.417. The summed E-state index contributed by atoms with van der Waals surface area (Å²) in [5, 5.41) is 2.34. The number of nitrogens with one attached hydrogen (secondary N) is 2. The maximum atomic E-state index is 12.1. The molecule has 19 heavy (non-hydrogen) atoms. The zero-order valence-corrected chi connectivity index (χ0v) is 11.1. The average molecular weight is 264 g/mol. The quantitative estimate of drug-likeness (QED) is 0.870. The number of alkyl carbamates (subject to hydrolysis) is 1. The zero-order valence-electron chi connectivity index (χ0n) is 11.1. The van der Waals surface area contributed by atoms with Gasteiger partial charge in [0.15, 0.2) is 12.1 Å². The predicted octanol–water partition coefficient (Wildman–Crippen LogP) is 1.16. The van der Waals surface area contributed by atoms with E-state index in [0.717, 1.165) is 0 Å². The van der Waals surface area contributed by atoms with Crippen molar-refractivity contribution in [3.05, 3.63) is 28.4 Å². The van der Waals surface area contributed by atoms with Crippen molar-refractivity contribution >= 4 is 17.1 Å². The Balaban J connectivity index is 2.33. The fourth-order valence-electron chi connectivity index (χ4n) is 1.75. The summed E-state index contributed by atoms with van der Waals surface area (Å²) in [6.45, 7) is 3.85. The lowest BCUT2D eigenvalue weighted by molar-refractivity contribution is 0.139. The molecular weight excluding hydrogens is 248 g/mol. The molecule has 0 radical (unpaired) electrons. The van der Waals surface area contributed by atoms with Gasteiger partial charge in [-0.25, -0.2) is 9.78 Å².